The van der Waals surface area contributed by atoms with Crippen LogP contribution in [0.2, 0.25) is 0 Å². The quantitative estimate of drug-likeness (QED) is 0.873. The lowest BCUT2D eigenvalue weighted by Gasteiger charge is -2.11. The maximum absolute atomic E-state index is 11.8. The highest BCUT2D eigenvalue weighted by Gasteiger charge is 2.10. The number of amides is 1. The average Bonchev–Trinajstić information content (AvgIpc) is 2.46. The summed E-state index contributed by atoms with van der Waals surface area (Å²) < 4.78 is 0. The predicted molar refractivity (Wildman–Crippen MR) is 80.4 cm³/mol. The molecular formula is C17H19NO2. The smallest absolute Gasteiger partial charge is 0.224 e. The minimum atomic E-state index is -0.600. The van der Waals surface area contributed by atoms with Crippen LogP contribution in [0.3, 0.4) is 0 Å². The maximum Gasteiger partial charge on any atom is 0.224 e. The number of aliphatic hydroxyl groups excluding tert-OH is 1. The second-order valence-corrected chi connectivity index (χ2v) is 4.88. The summed E-state index contributed by atoms with van der Waals surface area (Å²) in [5, 5.41) is 12.9. The Hall–Kier alpha value is -2.13. The van der Waals surface area contributed by atoms with Gasteiger partial charge in [-0.3, -0.25) is 4.79 Å². The van der Waals surface area contributed by atoms with Crippen molar-refractivity contribution in [2.75, 3.05) is 5.32 Å². The van der Waals surface area contributed by atoms with Gasteiger partial charge in [0.2, 0.25) is 5.91 Å². The first-order valence-corrected chi connectivity index (χ1v) is 6.74. The second-order valence-electron chi connectivity index (χ2n) is 4.88. The zero-order valence-corrected chi connectivity index (χ0v) is 11.5. The number of nitrogens with one attached hydrogen (secondary N) is 1. The van der Waals surface area contributed by atoms with Crippen molar-refractivity contribution < 1.29 is 9.90 Å². The number of anilines is 1. The Morgan fingerprint density at radius 3 is 2.40 bits per heavy atom. The van der Waals surface area contributed by atoms with Crippen molar-refractivity contribution in [3.63, 3.8) is 0 Å². The van der Waals surface area contributed by atoms with E-state index in [2.05, 4.69) is 5.32 Å². The summed E-state index contributed by atoms with van der Waals surface area (Å²) in [6.45, 7) is 2.00. The lowest BCUT2D eigenvalue weighted by molar-refractivity contribution is -0.116. The Kier molecular flexibility index (Phi) is 4.91. The van der Waals surface area contributed by atoms with Gasteiger partial charge in [0.1, 0.15) is 0 Å². The molecule has 0 saturated heterocycles. The standard InChI is InChI=1S/C17H19NO2/c1-13-7-9-14(10-8-13)16(19)11-12-17(20)18-15-5-3-2-4-6-15/h2-10,16,19H,11-12H2,1H3,(H,18,20). The number of rotatable bonds is 5. The normalized spacial score (nSPS) is 11.9. The number of aliphatic hydroxyl groups is 1. The van der Waals surface area contributed by atoms with Crippen LogP contribution in [0.15, 0.2) is 54.6 Å². The van der Waals surface area contributed by atoms with E-state index < -0.39 is 6.10 Å². The number of hydrogen-bond donors (Lipinski definition) is 2. The van der Waals surface area contributed by atoms with Crippen LogP contribution >= 0.6 is 0 Å². The van der Waals surface area contributed by atoms with E-state index >= 15 is 0 Å². The van der Waals surface area contributed by atoms with Gasteiger partial charge in [0.15, 0.2) is 0 Å². The predicted octanol–water partition coefficient (Wildman–Crippen LogP) is 3.45. The van der Waals surface area contributed by atoms with E-state index in [9.17, 15) is 9.90 Å². The van der Waals surface area contributed by atoms with Gasteiger partial charge in [0, 0.05) is 12.1 Å². The first-order chi connectivity index (χ1) is 9.65. The average molecular weight is 269 g/mol. The van der Waals surface area contributed by atoms with Gasteiger partial charge in [-0.1, -0.05) is 48.0 Å². The van der Waals surface area contributed by atoms with Gasteiger partial charge in [-0.25, -0.2) is 0 Å². The van der Waals surface area contributed by atoms with Crippen LogP contribution < -0.4 is 5.32 Å². The van der Waals surface area contributed by atoms with Gasteiger partial charge in [-0.2, -0.15) is 0 Å². The zero-order chi connectivity index (χ0) is 14.4. The molecule has 3 heteroatoms. The molecular weight excluding hydrogens is 250 g/mol. The van der Waals surface area contributed by atoms with E-state index in [0.29, 0.717) is 12.8 Å². The molecule has 0 aliphatic rings. The molecule has 0 fully saturated rings. The highest BCUT2D eigenvalue weighted by Crippen LogP contribution is 2.19. The van der Waals surface area contributed by atoms with Crippen molar-refractivity contribution in [1.82, 2.24) is 0 Å². The highest BCUT2D eigenvalue weighted by molar-refractivity contribution is 5.90. The Balaban J connectivity index is 1.82. The number of benzene rings is 2. The molecule has 2 aromatic rings. The molecule has 2 aromatic carbocycles. The van der Waals surface area contributed by atoms with Crippen molar-refractivity contribution in [2.45, 2.75) is 25.9 Å². The minimum absolute atomic E-state index is 0.0811. The van der Waals surface area contributed by atoms with Crippen LogP contribution in [0.1, 0.15) is 30.1 Å². The fourth-order valence-electron chi connectivity index (χ4n) is 1.97. The van der Waals surface area contributed by atoms with Crippen LogP contribution in [0.5, 0.6) is 0 Å². The largest absolute Gasteiger partial charge is 0.388 e. The molecule has 3 nitrogen and oxygen atoms in total. The van der Waals surface area contributed by atoms with Gasteiger partial charge < -0.3 is 10.4 Å². The van der Waals surface area contributed by atoms with Crippen LogP contribution in [-0.2, 0) is 4.79 Å². The van der Waals surface area contributed by atoms with Gasteiger partial charge in [0.05, 0.1) is 6.10 Å². The molecule has 2 rings (SSSR count). The summed E-state index contributed by atoms with van der Waals surface area (Å²) in [6, 6.07) is 17.0. The first-order valence-electron chi connectivity index (χ1n) is 6.74. The fourth-order valence-corrected chi connectivity index (χ4v) is 1.97. The van der Waals surface area contributed by atoms with Crippen molar-refractivity contribution in [2.24, 2.45) is 0 Å². The van der Waals surface area contributed by atoms with Gasteiger partial charge in [0.25, 0.3) is 0 Å². The Bertz CT molecular complexity index is 549. The number of para-hydroxylation sites is 1. The van der Waals surface area contributed by atoms with E-state index in [4.69, 9.17) is 0 Å². The SMILES string of the molecule is Cc1ccc(C(O)CCC(=O)Nc2ccccc2)cc1. The summed E-state index contributed by atoms with van der Waals surface area (Å²) in [5.41, 5.74) is 2.79. The molecule has 1 amide bonds. The molecule has 0 aliphatic carbocycles. The molecule has 0 aromatic heterocycles. The topological polar surface area (TPSA) is 49.3 Å². The molecule has 104 valence electrons. The van der Waals surface area contributed by atoms with Gasteiger partial charge >= 0.3 is 0 Å². The molecule has 0 heterocycles. The van der Waals surface area contributed by atoms with E-state index in [1.165, 1.54) is 0 Å². The number of aryl methyl sites for hydroxylation is 1. The summed E-state index contributed by atoms with van der Waals surface area (Å²) in [6.07, 6.45) is 0.114. The molecule has 1 atom stereocenters. The second kappa shape index (κ2) is 6.87. The van der Waals surface area contributed by atoms with Crippen LogP contribution in [0.25, 0.3) is 0 Å². The van der Waals surface area contributed by atoms with Crippen LogP contribution in [0, 0.1) is 6.92 Å². The molecule has 0 spiro atoms. The van der Waals surface area contributed by atoms with Gasteiger partial charge in [-0.05, 0) is 31.0 Å². The monoisotopic (exact) mass is 269 g/mol. The number of carbonyl (C=O) groups excluding carboxylic acids is 1. The zero-order valence-electron chi connectivity index (χ0n) is 11.5. The van der Waals surface area contributed by atoms with E-state index in [1.807, 2.05) is 61.5 Å². The molecule has 0 saturated carbocycles. The fraction of sp³-hybridized carbons (Fsp3) is 0.235. The number of carbonyl (C=O) groups is 1. The summed E-state index contributed by atoms with van der Waals surface area (Å²) in [5.74, 6) is -0.0811. The highest BCUT2D eigenvalue weighted by atomic mass is 16.3. The van der Waals surface area contributed by atoms with Crippen molar-refractivity contribution >= 4 is 11.6 Å². The molecule has 0 radical (unpaired) electrons. The maximum atomic E-state index is 11.8. The van der Waals surface area contributed by atoms with Crippen molar-refractivity contribution in [1.29, 1.82) is 0 Å². The van der Waals surface area contributed by atoms with E-state index in [0.717, 1.165) is 16.8 Å². The minimum Gasteiger partial charge on any atom is -0.388 e. The summed E-state index contributed by atoms with van der Waals surface area (Å²) in [4.78, 5) is 11.8. The van der Waals surface area contributed by atoms with Crippen molar-refractivity contribution in [3.8, 4) is 0 Å². The Morgan fingerprint density at radius 2 is 1.75 bits per heavy atom. The third-order valence-electron chi connectivity index (χ3n) is 3.16. The van der Waals surface area contributed by atoms with Gasteiger partial charge in [-0.15, -0.1) is 0 Å². The molecule has 1 unspecified atom stereocenters. The molecule has 2 N–H and O–H groups in total. The summed E-state index contributed by atoms with van der Waals surface area (Å²) >= 11 is 0. The lowest BCUT2D eigenvalue weighted by atomic mass is 10.0. The van der Waals surface area contributed by atoms with Crippen LogP contribution in [-0.4, -0.2) is 11.0 Å². The third-order valence-corrected chi connectivity index (χ3v) is 3.16. The molecule has 20 heavy (non-hydrogen) atoms. The van der Waals surface area contributed by atoms with E-state index in [1.54, 1.807) is 0 Å². The van der Waals surface area contributed by atoms with E-state index in [-0.39, 0.29) is 5.91 Å². The lowest BCUT2D eigenvalue weighted by Crippen LogP contribution is -2.12. The number of hydrogen-bond acceptors (Lipinski definition) is 2. The molecule has 0 bridgehead atoms. The Morgan fingerprint density at radius 1 is 1.10 bits per heavy atom. The van der Waals surface area contributed by atoms with Crippen molar-refractivity contribution in [3.05, 3.63) is 65.7 Å². The Labute approximate surface area is 119 Å². The molecule has 0 aliphatic heterocycles. The van der Waals surface area contributed by atoms with Crippen LogP contribution in [0.4, 0.5) is 5.69 Å². The third kappa shape index (κ3) is 4.21. The summed E-state index contributed by atoms with van der Waals surface area (Å²) in [7, 11) is 0. The first kappa shape index (κ1) is 14.3.